The standard InChI is InChI=1S/C18H25N3O/c1-13(2)21-9-5-6-14(12-21)11-19-18(22)17-10-15-7-3-4-8-16(15)20-17/h3-4,7-8,10,13-14,20H,5-6,9,11-12H2,1-2H3,(H,19,22). The second kappa shape index (κ2) is 6.53. The number of aromatic nitrogens is 1. The van der Waals surface area contributed by atoms with Crippen LogP contribution in [0.5, 0.6) is 0 Å². The number of nitrogens with one attached hydrogen (secondary N) is 2. The molecule has 1 aliphatic heterocycles. The minimum absolute atomic E-state index is 0.00197. The van der Waals surface area contributed by atoms with Crippen LogP contribution in [0, 0.1) is 5.92 Å². The zero-order valence-electron chi connectivity index (χ0n) is 13.4. The molecule has 0 saturated carbocycles. The first kappa shape index (κ1) is 15.1. The number of nitrogens with zero attached hydrogens (tertiary/aromatic N) is 1. The van der Waals surface area contributed by atoms with Crippen LogP contribution in [0.1, 0.15) is 37.2 Å². The monoisotopic (exact) mass is 299 g/mol. The number of amides is 1. The van der Waals surface area contributed by atoms with E-state index in [-0.39, 0.29) is 5.91 Å². The summed E-state index contributed by atoms with van der Waals surface area (Å²) in [5.74, 6) is 0.558. The SMILES string of the molecule is CC(C)N1CCCC(CNC(=O)c2cc3ccccc3[nH]2)C1. The van der Waals surface area contributed by atoms with E-state index < -0.39 is 0 Å². The van der Waals surface area contributed by atoms with Crippen molar-refractivity contribution >= 4 is 16.8 Å². The number of piperidine rings is 1. The summed E-state index contributed by atoms with van der Waals surface area (Å²) >= 11 is 0. The van der Waals surface area contributed by atoms with Crippen LogP contribution in [0.15, 0.2) is 30.3 Å². The van der Waals surface area contributed by atoms with Gasteiger partial charge in [-0.1, -0.05) is 18.2 Å². The van der Waals surface area contributed by atoms with Crippen LogP contribution < -0.4 is 5.32 Å². The van der Waals surface area contributed by atoms with Gasteiger partial charge in [0.2, 0.25) is 0 Å². The predicted octanol–water partition coefficient (Wildman–Crippen LogP) is 3.02. The van der Waals surface area contributed by atoms with Gasteiger partial charge in [-0.25, -0.2) is 0 Å². The summed E-state index contributed by atoms with van der Waals surface area (Å²) in [6.07, 6.45) is 2.43. The number of hydrogen-bond donors (Lipinski definition) is 2. The first-order chi connectivity index (χ1) is 10.6. The van der Waals surface area contributed by atoms with Crippen LogP contribution in [0.4, 0.5) is 0 Å². The van der Waals surface area contributed by atoms with Crippen LogP contribution >= 0.6 is 0 Å². The lowest BCUT2D eigenvalue weighted by Crippen LogP contribution is -2.43. The number of likely N-dealkylation sites (tertiary alicyclic amines) is 1. The molecular weight excluding hydrogens is 274 g/mol. The van der Waals surface area contributed by atoms with Crippen LogP contribution in [-0.2, 0) is 0 Å². The predicted molar refractivity (Wildman–Crippen MR) is 90.1 cm³/mol. The van der Waals surface area contributed by atoms with Gasteiger partial charge in [-0.3, -0.25) is 4.79 Å². The van der Waals surface area contributed by atoms with Crippen molar-refractivity contribution in [3.05, 3.63) is 36.0 Å². The van der Waals surface area contributed by atoms with Crippen molar-refractivity contribution < 1.29 is 4.79 Å². The smallest absolute Gasteiger partial charge is 0.267 e. The van der Waals surface area contributed by atoms with E-state index in [4.69, 9.17) is 0 Å². The summed E-state index contributed by atoms with van der Waals surface area (Å²) in [5.41, 5.74) is 1.66. The van der Waals surface area contributed by atoms with Crippen molar-refractivity contribution in [1.82, 2.24) is 15.2 Å². The Labute approximate surface area is 131 Å². The van der Waals surface area contributed by atoms with Crippen molar-refractivity contribution in [2.24, 2.45) is 5.92 Å². The Balaban J connectivity index is 1.57. The van der Waals surface area contributed by atoms with Crippen LogP contribution in [0.2, 0.25) is 0 Å². The summed E-state index contributed by atoms with van der Waals surface area (Å²) in [6.45, 7) is 7.52. The van der Waals surface area contributed by atoms with Gasteiger partial charge in [0, 0.05) is 30.0 Å². The number of H-pyrrole nitrogens is 1. The molecule has 3 rings (SSSR count). The van der Waals surface area contributed by atoms with E-state index in [9.17, 15) is 4.79 Å². The highest BCUT2D eigenvalue weighted by Crippen LogP contribution is 2.18. The number of carbonyl (C=O) groups is 1. The normalized spacial score (nSPS) is 19.7. The van der Waals surface area contributed by atoms with Crippen molar-refractivity contribution in [1.29, 1.82) is 0 Å². The summed E-state index contributed by atoms with van der Waals surface area (Å²) in [5, 5.41) is 4.17. The first-order valence-corrected chi connectivity index (χ1v) is 8.23. The Bertz CT molecular complexity index is 614. The fraction of sp³-hybridized carbons (Fsp3) is 0.500. The van der Waals surface area contributed by atoms with Crippen LogP contribution in [0.3, 0.4) is 0 Å². The van der Waals surface area contributed by atoms with Gasteiger partial charge in [-0.05, 0) is 51.3 Å². The van der Waals surface area contributed by atoms with Crippen molar-refractivity contribution in [2.75, 3.05) is 19.6 Å². The maximum Gasteiger partial charge on any atom is 0.267 e. The van der Waals surface area contributed by atoms with Gasteiger partial charge in [-0.2, -0.15) is 0 Å². The molecule has 0 bridgehead atoms. The third kappa shape index (κ3) is 3.33. The van der Waals surface area contributed by atoms with Crippen molar-refractivity contribution in [2.45, 2.75) is 32.7 Å². The molecule has 118 valence electrons. The number of fused-ring (bicyclic) bond motifs is 1. The zero-order valence-corrected chi connectivity index (χ0v) is 13.4. The number of hydrogen-bond acceptors (Lipinski definition) is 2. The summed E-state index contributed by atoms with van der Waals surface area (Å²) in [4.78, 5) is 18.0. The maximum absolute atomic E-state index is 12.3. The lowest BCUT2D eigenvalue weighted by Gasteiger charge is -2.35. The molecule has 0 aliphatic carbocycles. The molecule has 2 aromatic rings. The molecule has 22 heavy (non-hydrogen) atoms. The lowest BCUT2D eigenvalue weighted by atomic mass is 9.97. The van der Waals surface area contributed by atoms with E-state index >= 15 is 0 Å². The number of para-hydroxylation sites is 1. The molecule has 1 amide bonds. The summed E-state index contributed by atoms with van der Waals surface area (Å²) in [6, 6.07) is 10.5. The molecule has 1 atom stereocenters. The van der Waals surface area contributed by atoms with Gasteiger partial charge < -0.3 is 15.2 Å². The van der Waals surface area contributed by atoms with Gasteiger partial charge in [0.15, 0.2) is 0 Å². The van der Waals surface area contributed by atoms with Crippen LogP contribution in [-0.4, -0.2) is 41.5 Å². The topological polar surface area (TPSA) is 48.1 Å². The quantitative estimate of drug-likeness (QED) is 0.911. The fourth-order valence-corrected chi connectivity index (χ4v) is 3.26. The fourth-order valence-electron chi connectivity index (χ4n) is 3.26. The maximum atomic E-state index is 12.3. The third-order valence-electron chi connectivity index (χ3n) is 4.61. The first-order valence-electron chi connectivity index (χ1n) is 8.23. The molecule has 1 unspecified atom stereocenters. The third-order valence-corrected chi connectivity index (χ3v) is 4.61. The van der Waals surface area contributed by atoms with Crippen molar-refractivity contribution in [3.8, 4) is 0 Å². The van der Waals surface area contributed by atoms with Crippen molar-refractivity contribution in [3.63, 3.8) is 0 Å². The average molecular weight is 299 g/mol. The van der Waals surface area contributed by atoms with Gasteiger partial charge in [0.1, 0.15) is 5.69 Å². The second-order valence-electron chi connectivity index (χ2n) is 6.58. The Morgan fingerprint density at radius 1 is 1.41 bits per heavy atom. The minimum atomic E-state index is -0.00197. The molecule has 1 aliphatic rings. The number of rotatable bonds is 4. The molecule has 1 aromatic heterocycles. The van der Waals surface area contributed by atoms with E-state index in [0.29, 0.717) is 17.7 Å². The molecule has 1 fully saturated rings. The highest BCUT2D eigenvalue weighted by Gasteiger charge is 2.22. The Hall–Kier alpha value is -1.81. The van der Waals surface area contributed by atoms with Gasteiger partial charge in [-0.15, -0.1) is 0 Å². The molecule has 1 saturated heterocycles. The van der Waals surface area contributed by atoms with E-state index in [1.165, 1.54) is 19.4 Å². The molecule has 1 aromatic carbocycles. The number of carbonyl (C=O) groups excluding carboxylic acids is 1. The zero-order chi connectivity index (χ0) is 15.5. The lowest BCUT2D eigenvalue weighted by molar-refractivity contribution is 0.0918. The number of benzene rings is 1. The highest BCUT2D eigenvalue weighted by atomic mass is 16.1. The molecule has 0 radical (unpaired) electrons. The molecule has 2 N–H and O–H groups in total. The van der Waals surface area contributed by atoms with Gasteiger partial charge in [0.25, 0.3) is 5.91 Å². The van der Waals surface area contributed by atoms with E-state index in [1.54, 1.807) is 0 Å². The van der Waals surface area contributed by atoms with E-state index in [0.717, 1.165) is 24.0 Å². The largest absolute Gasteiger partial charge is 0.351 e. The highest BCUT2D eigenvalue weighted by molar-refractivity contribution is 5.97. The molecular formula is C18H25N3O. The van der Waals surface area contributed by atoms with Crippen LogP contribution in [0.25, 0.3) is 10.9 Å². The number of aromatic amines is 1. The Morgan fingerprint density at radius 3 is 3.00 bits per heavy atom. The Kier molecular flexibility index (Phi) is 4.48. The molecule has 4 nitrogen and oxygen atoms in total. The summed E-state index contributed by atoms with van der Waals surface area (Å²) < 4.78 is 0. The van der Waals surface area contributed by atoms with E-state index in [1.807, 2.05) is 30.3 Å². The second-order valence-corrected chi connectivity index (χ2v) is 6.58. The molecule has 0 spiro atoms. The molecule has 2 heterocycles. The summed E-state index contributed by atoms with van der Waals surface area (Å²) in [7, 11) is 0. The van der Waals surface area contributed by atoms with Gasteiger partial charge >= 0.3 is 0 Å². The van der Waals surface area contributed by atoms with Gasteiger partial charge in [0.05, 0.1) is 0 Å². The Morgan fingerprint density at radius 2 is 2.23 bits per heavy atom. The molecule has 4 heteroatoms. The average Bonchev–Trinajstić information content (AvgIpc) is 2.97. The van der Waals surface area contributed by atoms with E-state index in [2.05, 4.69) is 29.0 Å². The minimum Gasteiger partial charge on any atom is -0.351 e.